The molecule has 2 aromatic rings. The van der Waals surface area contributed by atoms with Gasteiger partial charge in [-0.05, 0) is 23.8 Å². The number of benzene rings is 2. The highest BCUT2D eigenvalue weighted by Crippen LogP contribution is 2.22. The lowest BCUT2D eigenvalue weighted by molar-refractivity contribution is 0.0828. The van der Waals surface area contributed by atoms with Crippen molar-refractivity contribution in [2.75, 3.05) is 19.4 Å². The lowest BCUT2D eigenvalue weighted by Crippen LogP contribution is -2.23. The van der Waals surface area contributed by atoms with Gasteiger partial charge < -0.3 is 10.2 Å². The number of carbonyl (C=O) groups excluding carboxylic acids is 1. The minimum Gasteiger partial charge on any atom is -0.380 e. The number of nitrogens with one attached hydrogen (secondary N) is 1. The van der Waals surface area contributed by atoms with Gasteiger partial charge in [0.2, 0.25) is 0 Å². The Balaban J connectivity index is 2.21. The van der Waals surface area contributed by atoms with Crippen LogP contribution in [0.2, 0.25) is 5.02 Å². The number of hydrogen-bond donors (Lipinski definition) is 1. The van der Waals surface area contributed by atoms with Crippen molar-refractivity contribution in [1.82, 2.24) is 4.90 Å². The van der Waals surface area contributed by atoms with Gasteiger partial charge in [0.1, 0.15) is 0 Å². The molecule has 2 aromatic carbocycles. The van der Waals surface area contributed by atoms with Crippen LogP contribution in [0.5, 0.6) is 0 Å². The number of rotatable bonds is 4. The Kier molecular flexibility index (Phi) is 4.64. The largest absolute Gasteiger partial charge is 0.380 e. The van der Waals surface area contributed by atoms with Gasteiger partial charge in [0.25, 0.3) is 5.91 Å². The van der Waals surface area contributed by atoms with Crippen molar-refractivity contribution in [1.29, 1.82) is 0 Å². The minimum absolute atomic E-state index is 0.0442. The van der Waals surface area contributed by atoms with E-state index in [1.165, 1.54) is 0 Å². The summed E-state index contributed by atoms with van der Waals surface area (Å²) in [5, 5.41) is 3.88. The van der Waals surface area contributed by atoms with Crippen LogP contribution in [-0.4, -0.2) is 24.9 Å². The lowest BCUT2D eigenvalue weighted by Gasteiger charge is -2.15. The highest BCUT2D eigenvalue weighted by Gasteiger charge is 2.13. The van der Waals surface area contributed by atoms with Crippen LogP contribution in [0.15, 0.2) is 48.5 Å². The predicted molar refractivity (Wildman–Crippen MR) is 83.2 cm³/mol. The Morgan fingerprint density at radius 3 is 2.50 bits per heavy atom. The van der Waals surface area contributed by atoms with Crippen molar-refractivity contribution in [2.45, 2.75) is 6.54 Å². The first-order chi connectivity index (χ1) is 9.58. The second-order valence-corrected chi connectivity index (χ2v) is 5.17. The van der Waals surface area contributed by atoms with E-state index in [1.54, 1.807) is 37.2 Å². The van der Waals surface area contributed by atoms with Crippen LogP contribution in [0.25, 0.3) is 0 Å². The first-order valence-electron chi connectivity index (χ1n) is 6.37. The van der Waals surface area contributed by atoms with Crippen LogP contribution < -0.4 is 5.32 Å². The van der Waals surface area contributed by atoms with Gasteiger partial charge in [-0.1, -0.05) is 41.9 Å². The third-order valence-electron chi connectivity index (χ3n) is 2.94. The van der Waals surface area contributed by atoms with Gasteiger partial charge in [0, 0.05) is 31.4 Å². The number of anilines is 1. The van der Waals surface area contributed by atoms with Gasteiger partial charge >= 0.3 is 0 Å². The average Bonchev–Trinajstić information content (AvgIpc) is 2.45. The predicted octanol–water partition coefficient (Wildman–Crippen LogP) is 3.65. The topological polar surface area (TPSA) is 32.3 Å². The van der Waals surface area contributed by atoms with Crippen LogP contribution >= 0.6 is 11.6 Å². The molecule has 0 saturated heterocycles. The molecule has 0 fully saturated rings. The Bertz CT molecular complexity index is 597. The zero-order chi connectivity index (χ0) is 14.5. The summed E-state index contributed by atoms with van der Waals surface area (Å²) in [4.78, 5) is 13.7. The van der Waals surface area contributed by atoms with Crippen LogP contribution in [0.1, 0.15) is 15.9 Å². The van der Waals surface area contributed by atoms with Gasteiger partial charge in [-0.2, -0.15) is 0 Å². The van der Waals surface area contributed by atoms with Gasteiger partial charge in [-0.25, -0.2) is 0 Å². The van der Waals surface area contributed by atoms with E-state index in [0.29, 0.717) is 17.1 Å². The van der Waals surface area contributed by atoms with E-state index in [2.05, 4.69) is 5.32 Å². The summed E-state index contributed by atoms with van der Waals surface area (Å²) in [5.41, 5.74) is 2.52. The van der Waals surface area contributed by atoms with Crippen molar-refractivity contribution in [3.8, 4) is 0 Å². The van der Waals surface area contributed by atoms with E-state index in [4.69, 9.17) is 11.6 Å². The molecule has 104 valence electrons. The summed E-state index contributed by atoms with van der Waals surface area (Å²) < 4.78 is 0. The molecule has 0 aliphatic heterocycles. The summed E-state index contributed by atoms with van der Waals surface area (Å²) >= 11 is 6.02. The molecule has 20 heavy (non-hydrogen) atoms. The Morgan fingerprint density at radius 1 is 1.15 bits per heavy atom. The van der Waals surface area contributed by atoms with Gasteiger partial charge in [0.15, 0.2) is 0 Å². The van der Waals surface area contributed by atoms with Crippen molar-refractivity contribution in [3.05, 3.63) is 64.7 Å². The summed E-state index contributed by atoms with van der Waals surface area (Å²) in [5.74, 6) is -0.0442. The first-order valence-corrected chi connectivity index (χ1v) is 6.74. The third-order valence-corrected chi connectivity index (χ3v) is 3.18. The molecule has 2 rings (SSSR count). The van der Waals surface area contributed by atoms with Crippen LogP contribution in [0.3, 0.4) is 0 Å². The van der Waals surface area contributed by atoms with Gasteiger partial charge in [-0.15, -0.1) is 0 Å². The molecule has 4 heteroatoms. The molecular weight excluding hydrogens is 272 g/mol. The average molecular weight is 289 g/mol. The van der Waals surface area contributed by atoms with Crippen molar-refractivity contribution in [3.63, 3.8) is 0 Å². The van der Waals surface area contributed by atoms with Gasteiger partial charge in [0.05, 0.1) is 5.56 Å². The van der Waals surface area contributed by atoms with E-state index < -0.39 is 0 Å². The second kappa shape index (κ2) is 6.44. The molecule has 0 aromatic heterocycles. The normalized spacial score (nSPS) is 10.2. The fourth-order valence-electron chi connectivity index (χ4n) is 1.88. The van der Waals surface area contributed by atoms with Crippen molar-refractivity contribution < 1.29 is 4.79 Å². The second-order valence-electron chi connectivity index (χ2n) is 4.73. The molecule has 0 radical (unpaired) electrons. The minimum atomic E-state index is -0.0442. The third kappa shape index (κ3) is 3.52. The number of nitrogens with zero attached hydrogens (tertiary/aromatic N) is 1. The van der Waals surface area contributed by atoms with Crippen LogP contribution in [0.4, 0.5) is 5.69 Å². The summed E-state index contributed by atoms with van der Waals surface area (Å²) in [6, 6.07) is 15.3. The molecule has 1 amide bonds. The fraction of sp³-hybridized carbons (Fsp3) is 0.188. The number of hydrogen-bond acceptors (Lipinski definition) is 2. The maximum absolute atomic E-state index is 12.1. The molecule has 3 nitrogen and oxygen atoms in total. The Morgan fingerprint density at radius 2 is 1.85 bits per heavy atom. The van der Waals surface area contributed by atoms with E-state index in [0.717, 1.165) is 11.3 Å². The molecule has 0 bridgehead atoms. The summed E-state index contributed by atoms with van der Waals surface area (Å²) in [6.07, 6.45) is 0. The number of amides is 1. The molecule has 0 heterocycles. The summed E-state index contributed by atoms with van der Waals surface area (Å²) in [6.45, 7) is 0.648. The van der Waals surface area contributed by atoms with Crippen molar-refractivity contribution in [2.24, 2.45) is 0 Å². The van der Waals surface area contributed by atoms with Crippen LogP contribution in [-0.2, 0) is 6.54 Å². The van der Waals surface area contributed by atoms with E-state index >= 15 is 0 Å². The molecule has 0 aliphatic carbocycles. The Labute approximate surface area is 124 Å². The first kappa shape index (κ1) is 14.4. The van der Waals surface area contributed by atoms with E-state index in [1.807, 2.05) is 30.3 Å². The maximum atomic E-state index is 12.1. The maximum Gasteiger partial charge on any atom is 0.255 e. The lowest BCUT2D eigenvalue weighted by atomic mass is 10.1. The molecule has 0 unspecified atom stereocenters. The zero-order valence-electron chi connectivity index (χ0n) is 11.6. The molecule has 0 saturated carbocycles. The van der Waals surface area contributed by atoms with Crippen LogP contribution in [0, 0.1) is 0 Å². The monoisotopic (exact) mass is 288 g/mol. The Hall–Kier alpha value is -2.00. The van der Waals surface area contributed by atoms with E-state index in [9.17, 15) is 4.79 Å². The zero-order valence-corrected chi connectivity index (χ0v) is 12.3. The van der Waals surface area contributed by atoms with Gasteiger partial charge in [-0.3, -0.25) is 4.79 Å². The number of halogens is 1. The van der Waals surface area contributed by atoms with E-state index in [-0.39, 0.29) is 5.91 Å². The SMILES string of the molecule is CN(C)C(=O)c1ccc(Cl)cc1NCc1ccccc1. The molecule has 0 aliphatic rings. The fourth-order valence-corrected chi connectivity index (χ4v) is 2.06. The molecule has 0 spiro atoms. The number of carbonyl (C=O) groups is 1. The standard InChI is InChI=1S/C16H17ClN2O/c1-19(2)16(20)14-9-8-13(17)10-15(14)18-11-12-6-4-3-5-7-12/h3-10,18H,11H2,1-2H3. The highest BCUT2D eigenvalue weighted by molar-refractivity contribution is 6.31. The molecule has 0 atom stereocenters. The van der Waals surface area contributed by atoms with Crippen molar-refractivity contribution >= 4 is 23.2 Å². The molecular formula is C16H17ClN2O. The molecule has 1 N–H and O–H groups in total. The summed E-state index contributed by atoms with van der Waals surface area (Å²) in [7, 11) is 3.47. The quantitative estimate of drug-likeness (QED) is 0.931. The highest BCUT2D eigenvalue weighted by atomic mass is 35.5. The smallest absolute Gasteiger partial charge is 0.255 e.